The molecule has 0 radical (unpaired) electrons. The SMILES string of the molecule is CC(Br)CCNS(=O)(=O)c1ccc(Br)cc1F. The van der Waals surface area contributed by atoms with Crippen molar-refractivity contribution >= 4 is 41.9 Å². The molecule has 0 bridgehead atoms. The maximum absolute atomic E-state index is 13.5. The van der Waals surface area contributed by atoms with Crippen LogP contribution in [-0.2, 0) is 10.0 Å². The molecule has 96 valence electrons. The van der Waals surface area contributed by atoms with Crippen molar-refractivity contribution in [3.63, 3.8) is 0 Å². The van der Waals surface area contributed by atoms with Crippen LogP contribution in [0.15, 0.2) is 27.6 Å². The van der Waals surface area contributed by atoms with Crippen molar-refractivity contribution in [2.45, 2.75) is 23.1 Å². The zero-order valence-electron chi connectivity index (χ0n) is 9.08. The van der Waals surface area contributed by atoms with E-state index in [2.05, 4.69) is 36.6 Å². The van der Waals surface area contributed by atoms with E-state index in [9.17, 15) is 12.8 Å². The van der Waals surface area contributed by atoms with Crippen LogP contribution in [0.5, 0.6) is 0 Å². The Morgan fingerprint density at radius 3 is 2.65 bits per heavy atom. The third kappa shape index (κ3) is 4.65. The van der Waals surface area contributed by atoms with Crippen LogP contribution in [-0.4, -0.2) is 19.8 Å². The summed E-state index contributed by atoms with van der Waals surface area (Å²) in [4.78, 5) is -0.122. The molecule has 0 aliphatic heterocycles. The topological polar surface area (TPSA) is 46.2 Å². The second kappa shape index (κ2) is 6.26. The number of benzene rings is 1. The summed E-state index contributed by atoms with van der Waals surface area (Å²) in [5, 5.41) is 0. The van der Waals surface area contributed by atoms with E-state index in [-0.39, 0.29) is 16.3 Å². The van der Waals surface area contributed by atoms with Gasteiger partial charge >= 0.3 is 0 Å². The molecule has 1 unspecified atom stereocenters. The Morgan fingerprint density at radius 2 is 2.12 bits per heavy atom. The molecule has 0 saturated heterocycles. The van der Waals surface area contributed by atoms with Gasteiger partial charge in [-0.25, -0.2) is 17.5 Å². The van der Waals surface area contributed by atoms with Crippen LogP contribution in [0.4, 0.5) is 4.39 Å². The molecule has 1 N–H and O–H groups in total. The number of sulfonamides is 1. The lowest BCUT2D eigenvalue weighted by Crippen LogP contribution is -2.26. The molecule has 7 heteroatoms. The minimum atomic E-state index is -3.77. The van der Waals surface area contributed by atoms with E-state index in [1.807, 2.05) is 6.92 Å². The maximum Gasteiger partial charge on any atom is 0.243 e. The lowest BCUT2D eigenvalue weighted by atomic mass is 10.3. The molecule has 1 rings (SSSR count). The van der Waals surface area contributed by atoms with Gasteiger partial charge in [0.2, 0.25) is 10.0 Å². The van der Waals surface area contributed by atoms with Crippen LogP contribution in [0, 0.1) is 5.82 Å². The van der Waals surface area contributed by atoms with Gasteiger partial charge in [-0.15, -0.1) is 0 Å². The highest BCUT2D eigenvalue weighted by atomic mass is 79.9. The zero-order chi connectivity index (χ0) is 13.1. The van der Waals surface area contributed by atoms with E-state index >= 15 is 0 Å². The first-order chi connectivity index (χ1) is 7.83. The highest BCUT2D eigenvalue weighted by Crippen LogP contribution is 2.19. The Kier molecular flexibility index (Phi) is 5.56. The normalized spacial score (nSPS) is 13.6. The molecule has 0 heterocycles. The predicted molar refractivity (Wildman–Crippen MR) is 72.3 cm³/mol. The van der Waals surface area contributed by atoms with Crippen molar-refractivity contribution in [3.05, 3.63) is 28.5 Å². The summed E-state index contributed by atoms with van der Waals surface area (Å²) in [5.74, 6) is -0.765. The van der Waals surface area contributed by atoms with Crippen LogP contribution >= 0.6 is 31.9 Å². The molecule has 1 aromatic rings. The van der Waals surface area contributed by atoms with Crippen molar-refractivity contribution < 1.29 is 12.8 Å². The highest BCUT2D eigenvalue weighted by molar-refractivity contribution is 9.10. The van der Waals surface area contributed by atoms with Gasteiger partial charge in [-0.1, -0.05) is 38.8 Å². The minimum Gasteiger partial charge on any atom is -0.211 e. The van der Waals surface area contributed by atoms with Crippen molar-refractivity contribution in [2.24, 2.45) is 0 Å². The van der Waals surface area contributed by atoms with Gasteiger partial charge in [0.15, 0.2) is 0 Å². The van der Waals surface area contributed by atoms with E-state index in [1.165, 1.54) is 12.1 Å². The second-order valence-corrected chi connectivity index (χ2v) is 7.76. The van der Waals surface area contributed by atoms with Crippen LogP contribution in [0.2, 0.25) is 0 Å². The van der Waals surface area contributed by atoms with Gasteiger partial charge in [0.25, 0.3) is 0 Å². The molecule has 1 atom stereocenters. The molecule has 0 saturated carbocycles. The molecule has 0 spiro atoms. The Balaban J connectivity index is 2.83. The standard InChI is InChI=1S/C10H12Br2FNO2S/c1-7(11)4-5-14-17(15,16)10-3-2-8(12)6-9(10)13/h2-3,6-7,14H,4-5H2,1H3. The van der Waals surface area contributed by atoms with Crippen molar-refractivity contribution in [3.8, 4) is 0 Å². The van der Waals surface area contributed by atoms with Crippen molar-refractivity contribution in [1.29, 1.82) is 0 Å². The largest absolute Gasteiger partial charge is 0.243 e. The summed E-state index contributed by atoms with van der Waals surface area (Å²) >= 11 is 6.38. The second-order valence-electron chi connectivity index (χ2n) is 3.54. The number of alkyl halides is 1. The summed E-state index contributed by atoms with van der Waals surface area (Å²) in [6.07, 6.45) is 0.636. The molecule has 3 nitrogen and oxygen atoms in total. The molecule has 0 amide bonds. The van der Waals surface area contributed by atoms with E-state index in [4.69, 9.17) is 0 Å². The predicted octanol–water partition coefficient (Wildman–Crippen LogP) is 3.04. The molecule has 0 aliphatic carbocycles. The summed E-state index contributed by atoms with van der Waals surface area (Å²) in [6.45, 7) is 2.18. The van der Waals surface area contributed by atoms with Crippen LogP contribution in [0.3, 0.4) is 0 Å². The Hall–Kier alpha value is 0.0200. The van der Waals surface area contributed by atoms with Gasteiger partial charge in [0, 0.05) is 15.8 Å². The molecule has 0 aromatic heterocycles. The summed E-state index contributed by atoms with van der Waals surface area (Å²) in [5.41, 5.74) is 0. The fraction of sp³-hybridized carbons (Fsp3) is 0.400. The number of rotatable bonds is 5. The first kappa shape index (κ1) is 15.1. The molecular weight excluding hydrogens is 377 g/mol. The first-order valence-electron chi connectivity index (χ1n) is 4.91. The number of halogens is 3. The highest BCUT2D eigenvalue weighted by Gasteiger charge is 2.18. The molecule has 0 fully saturated rings. The lowest BCUT2D eigenvalue weighted by Gasteiger charge is -2.08. The Morgan fingerprint density at radius 1 is 1.47 bits per heavy atom. The van der Waals surface area contributed by atoms with E-state index in [0.717, 1.165) is 6.07 Å². The van der Waals surface area contributed by atoms with Gasteiger partial charge in [-0.2, -0.15) is 0 Å². The fourth-order valence-corrected chi connectivity index (χ4v) is 2.83. The number of nitrogens with one attached hydrogen (secondary N) is 1. The average Bonchev–Trinajstić information content (AvgIpc) is 2.15. The van der Waals surface area contributed by atoms with Crippen LogP contribution in [0.1, 0.15) is 13.3 Å². The smallest absolute Gasteiger partial charge is 0.211 e. The van der Waals surface area contributed by atoms with Gasteiger partial charge in [0.05, 0.1) is 0 Å². The molecule has 17 heavy (non-hydrogen) atoms. The molecular formula is C10H12Br2FNO2S. The number of hydrogen-bond acceptors (Lipinski definition) is 2. The Labute approximate surface area is 117 Å². The van der Waals surface area contributed by atoms with Crippen molar-refractivity contribution in [2.75, 3.05) is 6.54 Å². The zero-order valence-corrected chi connectivity index (χ0v) is 13.1. The lowest BCUT2D eigenvalue weighted by molar-refractivity contribution is 0.555. The molecule has 0 aliphatic rings. The summed E-state index contributed by atoms with van der Waals surface area (Å²) < 4.78 is 39.9. The fourth-order valence-electron chi connectivity index (χ4n) is 1.16. The third-order valence-corrected chi connectivity index (χ3v) is 4.46. The van der Waals surface area contributed by atoms with Crippen LogP contribution in [0.25, 0.3) is 0 Å². The van der Waals surface area contributed by atoms with Crippen LogP contribution < -0.4 is 4.72 Å². The van der Waals surface area contributed by atoms with Gasteiger partial charge in [0.1, 0.15) is 10.7 Å². The maximum atomic E-state index is 13.5. The first-order valence-corrected chi connectivity index (χ1v) is 8.11. The van der Waals surface area contributed by atoms with E-state index in [0.29, 0.717) is 10.9 Å². The van der Waals surface area contributed by atoms with E-state index in [1.54, 1.807) is 0 Å². The minimum absolute atomic E-state index is 0.208. The van der Waals surface area contributed by atoms with E-state index < -0.39 is 15.8 Å². The van der Waals surface area contributed by atoms with Crippen molar-refractivity contribution in [1.82, 2.24) is 4.72 Å². The monoisotopic (exact) mass is 387 g/mol. The summed E-state index contributed by atoms with van der Waals surface area (Å²) in [6, 6.07) is 3.85. The average molecular weight is 389 g/mol. The summed E-state index contributed by atoms with van der Waals surface area (Å²) in [7, 11) is -3.77. The van der Waals surface area contributed by atoms with Gasteiger partial charge < -0.3 is 0 Å². The van der Waals surface area contributed by atoms with Gasteiger partial charge in [-0.3, -0.25) is 0 Å². The Bertz CT molecular complexity index is 491. The number of hydrogen-bond donors (Lipinski definition) is 1. The molecule has 1 aromatic carbocycles. The quantitative estimate of drug-likeness (QED) is 0.788. The van der Waals surface area contributed by atoms with Gasteiger partial charge in [-0.05, 0) is 24.6 Å². The third-order valence-electron chi connectivity index (χ3n) is 2.02.